The number of pyridine rings is 1. The van der Waals surface area contributed by atoms with E-state index in [4.69, 9.17) is 10.1 Å². The lowest BCUT2D eigenvalue weighted by Crippen LogP contribution is -2.52. The van der Waals surface area contributed by atoms with Crippen molar-refractivity contribution in [3.63, 3.8) is 0 Å². The first kappa shape index (κ1) is 29.2. The Hall–Kier alpha value is -4.53. The Bertz CT molecular complexity index is 1870. The zero-order chi connectivity index (χ0) is 31.3. The normalized spacial score (nSPS) is 19.5. The van der Waals surface area contributed by atoms with E-state index in [9.17, 15) is 9.59 Å². The minimum atomic E-state index is -0.963. The van der Waals surface area contributed by atoms with Crippen molar-refractivity contribution >= 4 is 28.9 Å². The van der Waals surface area contributed by atoms with Crippen LogP contribution in [0.4, 0.5) is 4.39 Å². The number of nitrogens with zero attached hydrogens (tertiary/aromatic N) is 4. The van der Waals surface area contributed by atoms with Gasteiger partial charge in [-0.25, -0.2) is 14.8 Å². The molecule has 3 heterocycles. The molecule has 1 atom stereocenters. The summed E-state index contributed by atoms with van der Waals surface area (Å²) in [7, 11) is 1.98. The van der Waals surface area contributed by atoms with Crippen molar-refractivity contribution in [3.8, 4) is 11.3 Å². The van der Waals surface area contributed by atoms with E-state index in [-0.39, 0.29) is 17.9 Å². The molecule has 0 bridgehead atoms. The number of aliphatic carboxylic acids is 1. The molecule has 45 heavy (non-hydrogen) atoms. The lowest BCUT2D eigenvalue weighted by molar-refractivity contribution is -0.131. The van der Waals surface area contributed by atoms with E-state index in [1.807, 2.05) is 44.3 Å². The average molecular weight is 608 g/mol. The van der Waals surface area contributed by atoms with Gasteiger partial charge in [-0.3, -0.25) is 4.79 Å². The molecule has 3 aliphatic rings. The minimum Gasteiger partial charge on any atom is -0.478 e. The molecule has 0 radical (unpaired) electrons. The van der Waals surface area contributed by atoms with Crippen LogP contribution in [0.25, 0.3) is 28.2 Å². The summed E-state index contributed by atoms with van der Waals surface area (Å²) in [4.78, 5) is 33.9. The molecular weight excluding hydrogens is 569 g/mol. The number of allylic oxidation sites excluding steroid dienone is 2. The smallest absolute Gasteiger partial charge is 0.327 e. The number of carboxylic acids is 1. The summed E-state index contributed by atoms with van der Waals surface area (Å²) in [6.07, 6.45) is 17.1. The van der Waals surface area contributed by atoms with Crippen LogP contribution in [0.3, 0.4) is 0 Å². The van der Waals surface area contributed by atoms with Crippen molar-refractivity contribution in [2.45, 2.75) is 76.3 Å². The highest BCUT2D eigenvalue weighted by Crippen LogP contribution is 2.44. The number of carbonyl (C=O) groups is 2. The van der Waals surface area contributed by atoms with Gasteiger partial charge < -0.3 is 19.6 Å². The van der Waals surface area contributed by atoms with Crippen LogP contribution in [0.2, 0.25) is 0 Å². The van der Waals surface area contributed by atoms with E-state index in [0.29, 0.717) is 17.5 Å². The predicted octanol–water partition coefficient (Wildman–Crippen LogP) is 7.03. The largest absolute Gasteiger partial charge is 0.478 e. The molecule has 1 aromatic carbocycles. The van der Waals surface area contributed by atoms with Crippen molar-refractivity contribution in [1.29, 1.82) is 0 Å². The minimum absolute atomic E-state index is 0.0234. The third kappa shape index (κ3) is 5.08. The highest BCUT2D eigenvalue weighted by Gasteiger charge is 2.44. The number of hydrogen-bond donors (Lipinski definition) is 2. The lowest BCUT2D eigenvalue weighted by atomic mass is 9.75. The lowest BCUT2D eigenvalue weighted by Gasteiger charge is -2.41. The van der Waals surface area contributed by atoms with Gasteiger partial charge in [0.1, 0.15) is 5.82 Å². The Kier molecular flexibility index (Phi) is 7.42. The molecular formula is C36H38FN5O3. The fourth-order valence-corrected chi connectivity index (χ4v) is 7.65. The van der Waals surface area contributed by atoms with Gasteiger partial charge in [-0.05, 0) is 87.4 Å². The molecule has 2 saturated carbocycles. The number of rotatable bonds is 7. The summed E-state index contributed by atoms with van der Waals surface area (Å²) in [5, 5.41) is 13.4. The summed E-state index contributed by atoms with van der Waals surface area (Å²) in [5.74, 6) is -0.800. The van der Waals surface area contributed by atoms with Crippen molar-refractivity contribution in [1.82, 2.24) is 24.4 Å². The molecule has 4 aromatic rings. The van der Waals surface area contributed by atoms with Crippen LogP contribution in [0, 0.1) is 18.8 Å². The molecule has 1 unspecified atom stereocenters. The summed E-state index contributed by atoms with van der Waals surface area (Å²) in [5.41, 5.74) is 5.18. The zero-order valence-corrected chi connectivity index (χ0v) is 25.7. The van der Waals surface area contributed by atoms with E-state index < -0.39 is 17.5 Å². The molecule has 0 saturated heterocycles. The standard InChI is InChI=1S/C36H38FN5O3/c1-22-27-21-24(13-15-29(27)42(25-8-4-3-5-9-25)32(22)26-10-6-19-38-33(26)37)34(45)40-36(17-7-18-36)35-39-28-14-11-23(12-16-31(43)44)20-30(28)41(35)2/h6,10-16,19,21,23,25H,3-5,7-9,17-18,20H2,1-2H3,(H,40,45)(H,43,44)/b16-12+. The Morgan fingerprint density at radius 1 is 1.13 bits per heavy atom. The van der Waals surface area contributed by atoms with Crippen LogP contribution < -0.4 is 5.32 Å². The number of fused-ring (bicyclic) bond motifs is 2. The van der Waals surface area contributed by atoms with E-state index in [0.717, 1.165) is 84.3 Å². The third-order valence-electron chi connectivity index (χ3n) is 10.1. The predicted molar refractivity (Wildman–Crippen MR) is 171 cm³/mol. The van der Waals surface area contributed by atoms with Crippen molar-refractivity contribution in [3.05, 3.63) is 89.0 Å². The van der Waals surface area contributed by atoms with Crippen LogP contribution in [0.5, 0.6) is 0 Å². The number of hydrogen-bond acceptors (Lipinski definition) is 4. The van der Waals surface area contributed by atoms with Crippen molar-refractivity contribution in [2.75, 3.05) is 0 Å². The second-order valence-corrected chi connectivity index (χ2v) is 12.8. The maximum absolute atomic E-state index is 15.1. The van der Waals surface area contributed by atoms with Gasteiger partial charge in [0.2, 0.25) is 5.95 Å². The monoisotopic (exact) mass is 607 g/mol. The van der Waals surface area contributed by atoms with Gasteiger partial charge >= 0.3 is 5.97 Å². The van der Waals surface area contributed by atoms with Gasteiger partial charge in [0.25, 0.3) is 5.91 Å². The maximum Gasteiger partial charge on any atom is 0.327 e. The Morgan fingerprint density at radius 3 is 2.64 bits per heavy atom. The van der Waals surface area contributed by atoms with Gasteiger partial charge in [0.05, 0.1) is 22.5 Å². The molecule has 8 nitrogen and oxygen atoms in total. The highest BCUT2D eigenvalue weighted by atomic mass is 19.1. The SMILES string of the molecule is Cc1c(-c2cccnc2F)n(C2CCCCC2)c2ccc(C(=O)NC3(c4nc5c(n4C)CC(/C=C/C(=O)O)C=C5)CCC3)cc12. The molecule has 2 N–H and O–H groups in total. The first-order valence-corrected chi connectivity index (χ1v) is 16.0. The van der Waals surface area contributed by atoms with Crippen LogP contribution >= 0.6 is 0 Å². The van der Waals surface area contributed by atoms with E-state index in [1.54, 1.807) is 18.2 Å². The molecule has 9 heteroatoms. The number of aryl methyl sites for hydroxylation is 1. The number of amides is 1. The summed E-state index contributed by atoms with van der Waals surface area (Å²) in [6, 6.07) is 9.70. The number of benzene rings is 1. The van der Waals surface area contributed by atoms with Crippen LogP contribution in [-0.2, 0) is 23.8 Å². The number of carboxylic acid groups (broad SMARTS) is 1. The number of carbonyl (C=O) groups excluding carboxylic acids is 1. The van der Waals surface area contributed by atoms with Crippen LogP contribution in [-0.4, -0.2) is 36.1 Å². The quantitative estimate of drug-likeness (QED) is 0.174. The first-order chi connectivity index (χ1) is 21.8. The molecule has 3 aromatic heterocycles. The Balaban J connectivity index is 1.22. The maximum atomic E-state index is 15.1. The molecule has 0 spiro atoms. The second-order valence-electron chi connectivity index (χ2n) is 12.8. The number of imidazole rings is 1. The van der Waals surface area contributed by atoms with Gasteiger partial charge in [-0.15, -0.1) is 0 Å². The second kappa shape index (κ2) is 11.4. The molecule has 7 rings (SSSR count). The van der Waals surface area contributed by atoms with Crippen molar-refractivity contribution in [2.24, 2.45) is 13.0 Å². The topological polar surface area (TPSA) is 102 Å². The summed E-state index contributed by atoms with van der Waals surface area (Å²) >= 11 is 0. The summed E-state index contributed by atoms with van der Waals surface area (Å²) in [6.45, 7) is 2.02. The number of nitrogens with one attached hydrogen (secondary N) is 1. The molecule has 232 valence electrons. The summed E-state index contributed by atoms with van der Waals surface area (Å²) < 4.78 is 19.5. The number of halogens is 1. The Labute approximate surface area is 261 Å². The van der Waals surface area contributed by atoms with Gasteiger partial charge in [-0.2, -0.15) is 4.39 Å². The van der Waals surface area contributed by atoms with Crippen molar-refractivity contribution < 1.29 is 19.1 Å². The van der Waals surface area contributed by atoms with Crippen LogP contribution in [0.1, 0.15) is 90.5 Å². The van der Waals surface area contributed by atoms with E-state index >= 15 is 4.39 Å². The molecule has 1 amide bonds. The van der Waals surface area contributed by atoms with E-state index in [2.05, 4.69) is 19.4 Å². The third-order valence-corrected chi connectivity index (χ3v) is 10.1. The van der Waals surface area contributed by atoms with Gasteiger partial charge in [0.15, 0.2) is 0 Å². The van der Waals surface area contributed by atoms with E-state index in [1.165, 1.54) is 18.7 Å². The van der Waals surface area contributed by atoms with Gasteiger partial charge in [0, 0.05) is 53.4 Å². The Morgan fingerprint density at radius 2 is 1.93 bits per heavy atom. The molecule has 0 aliphatic heterocycles. The number of aromatic nitrogens is 4. The van der Waals surface area contributed by atoms with Gasteiger partial charge in [-0.1, -0.05) is 31.4 Å². The average Bonchev–Trinajstić information content (AvgIpc) is 3.51. The fraction of sp³-hybridized carbons (Fsp3) is 0.389. The first-order valence-electron chi connectivity index (χ1n) is 16.0. The molecule has 3 aliphatic carbocycles. The highest BCUT2D eigenvalue weighted by molar-refractivity contribution is 6.01. The molecule has 2 fully saturated rings. The van der Waals surface area contributed by atoms with Crippen LogP contribution in [0.15, 0.2) is 54.8 Å². The zero-order valence-electron chi connectivity index (χ0n) is 25.7. The fourth-order valence-electron chi connectivity index (χ4n) is 7.65.